The quantitative estimate of drug-likeness (QED) is 0.664. The summed E-state index contributed by atoms with van der Waals surface area (Å²) in [4.78, 5) is 21.1. The highest BCUT2D eigenvalue weighted by Gasteiger charge is 2.59. The van der Waals surface area contributed by atoms with Gasteiger partial charge in [0, 0.05) is 28.7 Å². The molecule has 5 rings (SSSR count). The summed E-state index contributed by atoms with van der Waals surface area (Å²) in [6, 6.07) is 8.94. The second kappa shape index (κ2) is 7.10. The van der Waals surface area contributed by atoms with Gasteiger partial charge in [-0.05, 0) is 61.3 Å². The van der Waals surface area contributed by atoms with Crippen molar-refractivity contribution in [2.24, 2.45) is 17.8 Å². The summed E-state index contributed by atoms with van der Waals surface area (Å²) in [6.07, 6.45) is 6.04. The van der Waals surface area contributed by atoms with Crippen molar-refractivity contribution in [3.63, 3.8) is 0 Å². The molecule has 1 N–H and O–H groups in total. The van der Waals surface area contributed by atoms with E-state index in [4.69, 9.17) is 11.6 Å². The van der Waals surface area contributed by atoms with E-state index < -0.39 is 0 Å². The molecule has 1 aromatic carbocycles. The first kappa shape index (κ1) is 18.6. The predicted octanol–water partition coefficient (Wildman–Crippen LogP) is 4.63. The van der Waals surface area contributed by atoms with E-state index in [-0.39, 0.29) is 17.8 Å². The molecule has 0 spiro atoms. The zero-order valence-electron chi connectivity index (χ0n) is 16.1. The smallest absolute Gasteiger partial charge is 0.251 e. The van der Waals surface area contributed by atoms with Gasteiger partial charge in [-0.15, -0.1) is 0 Å². The van der Waals surface area contributed by atoms with Crippen LogP contribution in [0.15, 0.2) is 42.9 Å². The van der Waals surface area contributed by atoms with Crippen LogP contribution in [0.2, 0.25) is 5.02 Å². The third kappa shape index (κ3) is 3.29. The predicted molar refractivity (Wildman–Crippen MR) is 109 cm³/mol. The van der Waals surface area contributed by atoms with Crippen LogP contribution >= 0.6 is 11.6 Å². The maximum Gasteiger partial charge on any atom is 0.251 e. The monoisotopic (exact) mass is 412 g/mol. The Kier molecular flexibility index (Phi) is 4.54. The maximum atomic E-state index is 13.4. The summed E-state index contributed by atoms with van der Waals surface area (Å²) in [5, 5.41) is 3.85. The van der Waals surface area contributed by atoms with Crippen LogP contribution in [0.5, 0.6) is 0 Å². The number of halogens is 2. The molecule has 2 aliphatic carbocycles. The number of fused-ring (bicyclic) bond motifs is 2. The number of rotatable bonds is 5. The average Bonchev–Trinajstić information content (AvgIpc) is 3.06. The Morgan fingerprint density at radius 1 is 1.28 bits per heavy atom. The van der Waals surface area contributed by atoms with Gasteiger partial charge in [-0.2, -0.15) is 0 Å². The second-order valence-electron chi connectivity index (χ2n) is 8.17. The molecule has 5 nitrogen and oxygen atoms in total. The zero-order chi connectivity index (χ0) is 20.1. The van der Waals surface area contributed by atoms with Crippen LogP contribution < -0.4 is 5.32 Å². The van der Waals surface area contributed by atoms with Crippen LogP contribution in [-0.4, -0.2) is 26.5 Å². The van der Waals surface area contributed by atoms with Crippen molar-refractivity contribution < 1.29 is 9.18 Å². The number of benzene rings is 1. The number of hydrogen-bond acceptors (Lipinski definition) is 3. The first-order valence-corrected chi connectivity index (χ1v) is 10.5. The van der Waals surface area contributed by atoms with Crippen molar-refractivity contribution >= 4 is 28.7 Å². The summed E-state index contributed by atoms with van der Waals surface area (Å²) >= 11 is 5.91. The van der Waals surface area contributed by atoms with E-state index >= 15 is 0 Å². The van der Waals surface area contributed by atoms with E-state index in [9.17, 15) is 9.18 Å². The van der Waals surface area contributed by atoms with Crippen LogP contribution in [0.25, 0.3) is 11.2 Å². The van der Waals surface area contributed by atoms with Crippen molar-refractivity contribution in [3.8, 4) is 0 Å². The minimum Gasteiger partial charge on any atom is -0.349 e. The molecule has 29 heavy (non-hydrogen) atoms. The second-order valence-corrected chi connectivity index (χ2v) is 8.61. The molecule has 0 aliphatic heterocycles. The Bertz CT molecular complexity index is 1050. The van der Waals surface area contributed by atoms with Gasteiger partial charge in [0.25, 0.3) is 5.91 Å². The fraction of sp³-hybridized carbons (Fsp3) is 0.409. The van der Waals surface area contributed by atoms with Crippen LogP contribution in [0.4, 0.5) is 4.39 Å². The van der Waals surface area contributed by atoms with Crippen molar-refractivity contribution in [1.82, 2.24) is 19.9 Å². The Labute approximate surface area is 173 Å². The van der Waals surface area contributed by atoms with Crippen molar-refractivity contribution in [1.29, 1.82) is 0 Å². The lowest BCUT2D eigenvalue weighted by Gasteiger charge is -2.22. The molecule has 5 atom stereocenters. The number of amides is 1. The standard InChI is InChI=1S/C22H22ClFN4O/c1-2-18(27-22(29)12-3-5-13(23)6-4-12)20-16-8-15(9-17(16)20)28-11-26-19-7-14(24)10-25-21(19)28/h3-7,10-11,15-18,20H,2,8-9H2,1H3,(H,27,29)/t15-,16-,17+,18?,20+. The molecule has 3 aromatic rings. The number of nitrogens with zero attached hydrogens (tertiary/aromatic N) is 3. The maximum absolute atomic E-state index is 13.4. The van der Waals surface area contributed by atoms with Gasteiger partial charge >= 0.3 is 0 Å². The number of imidazole rings is 1. The molecule has 2 fully saturated rings. The number of pyridine rings is 1. The van der Waals surface area contributed by atoms with Gasteiger partial charge in [-0.3, -0.25) is 4.79 Å². The van der Waals surface area contributed by atoms with E-state index in [2.05, 4.69) is 26.8 Å². The highest BCUT2D eigenvalue weighted by Crippen LogP contribution is 2.62. The molecule has 0 radical (unpaired) electrons. The zero-order valence-corrected chi connectivity index (χ0v) is 16.8. The molecule has 2 aromatic heterocycles. The minimum atomic E-state index is -0.362. The average molecular weight is 413 g/mol. The Morgan fingerprint density at radius 3 is 2.69 bits per heavy atom. The molecular formula is C22H22ClFN4O. The topological polar surface area (TPSA) is 59.8 Å². The van der Waals surface area contributed by atoms with Crippen molar-refractivity contribution in [3.05, 3.63) is 59.3 Å². The summed E-state index contributed by atoms with van der Waals surface area (Å²) in [5.41, 5.74) is 1.99. The molecule has 0 bridgehead atoms. The summed E-state index contributed by atoms with van der Waals surface area (Å²) in [6.45, 7) is 2.13. The van der Waals surface area contributed by atoms with Gasteiger partial charge in [0.1, 0.15) is 11.3 Å². The number of hydrogen-bond donors (Lipinski definition) is 1. The molecule has 2 saturated carbocycles. The first-order valence-electron chi connectivity index (χ1n) is 10.1. The molecule has 2 heterocycles. The largest absolute Gasteiger partial charge is 0.349 e. The lowest BCUT2D eigenvalue weighted by atomic mass is 9.99. The number of nitrogens with one attached hydrogen (secondary N) is 1. The Balaban J connectivity index is 1.25. The highest BCUT2D eigenvalue weighted by atomic mass is 35.5. The lowest BCUT2D eigenvalue weighted by Crippen LogP contribution is -2.37. The van der Waals surface area contributed by atoms with E-state index in [0.29, 0.717) is 39.9 Å². The molecule has 150 valence electrons. The number of aromatic nitrogens is 3. The van der Waals surface area contributed by atoms with Crippen molar-refractivity contribution in [2.75, 3.05) is 0 Å². The van der Waals surface area contributed by atoms with Crippen LogP contribution in [0.3, 0.4) is 0 Å². The van der Waals surface area contributed by atoms with Gasteiger partial charge in [-0.1, -0.05) is 18.5 Å². The van der Waals surface area contributed by atoms with Gasteiger partial charge in [0.15, 0.2) is 5.65 Å². The fourth-order valence-corrected chi connectivity index (χ4v) is 5.30. The molecule has 1 amide bonds. The fourth-order valence-electron chi connectivity index (χ4n) is 5.17. The normalized spacial score (nSPS) is 26.3. The highest BCUT2D eigenvalue weighted by molar-refractivity contribution is 6.30. The van der Waals surface area contributed by atoms with Gasteiger partial charge in [-0.25, -0.2) is 14.4 Å². The molecule has 0 saturated heterocycles. The van der Waals surface area contributed by atoms with E-state index in [1.807, 2.05) is 0 Å². The minimum absolute atomic E-state index is 0.0399. The molecule has 2 aliphatic rings. The molecule has 1 unspecified atom stereocenters. The van der Waals surface area contributed by atoms with Crippen LogP contribution in [0, 0.1) is 23.6 Å². The summed E-state index contributed by atoms with van der Waals surface area (Å²) in [5.74, 6) is 1.33. The van der Waals surface area contributed by atoms with Gasteiger partial charge in [0.2, 0.25) is 0 Å². The third-order valence-corrected chi connectivity index (χ3v) is 6.84. The van der Waals surface area contributed by atoms with E-state index in [1.165, 1.54) is 12.3 Å². The van der Waals surface area contributed by atoms with Crippen LogP contribution in [-0.2, 0) is 0 Å². The lowest BCUT2D eigenvalue weighted by molar-refractivity contribution is 0.0927. The summed E-state index contributed by atoms with van der Waals surface area (Å²) in [7, 11) is 0. The van der Waals surface area contributed by atoms with E-state index in [1.54, 1.807) is 30.6 Å². The van der Waals surface area contributed by atoms with Crippen molar-refractivity contribution in [2.45, 2.75) is 38.3 Å². The van der Waals surface area contributed by atoms with Crippen LogP contribution in [0.1, 0.15) is 42.6 Å². The Morgan fingerprint density at radius 2 is 2.00 bits per heavy atom. The van der Waals surface area contributed by atoms with Gasteiger partial charge < -0.3 is 9.88 Å². The first-order chi connectivity index (χ1) is 14.0. The number of carbonyl (C=O) groups excluding carboxylic acids is 1. The molecular weight excluding hydrogens is 391 g/mol. The van der Waals surface area contributed by atoms with Gasteiger partial charge in [0.05, 0.1) is 12.5 Å². The SMILES string of the molecule is CCC(NC(=O)c1ccc(Cl)cc1)[C@H]1[C@@H]2C[C@@H](n3cnc4cc(F)cnc43)C[C@@H]21. The molecule has 7 heteroatoms. The third-order valence-electron chi connectivity index (χ3n) is 6.59. The number of carbonyl (C=O) groups is 1. The Hall–Kier alpha value is -2.47. The van der Waals surface area contributed by atoms with E-state index in [0.717, 1.165) is 24.9 Å². The summed E-state index contributed by atoms with van der Waals surface area (Å²) < 4.78 is 15.5.